The molecule has 0 aromatic heterocycles. The van der Waals surface area contributed by atoms with Gasteiger partial charge in [-0.1, -0.05) is 13.8 Å². The molecular weight excluding hydrogens is 184 g/mol. The lowest BCUT2D eigenvalue weighted by Crippen LogP contribution is -2.28. The lowest BCUT2D eigenvalue weighted by atomic mass is 10.1. The number of rotatable bonds is 7. The molecule has 2 nitrogen and oxygen atoms in total. The summed E-state index contributed by atoms with van der Waals surface area (Å²) >= 11 is 0. The number of likely N-dealkylation sites (tertiary alicyclic amines) is 1. The Morgan fingerprint density at radius 2 is 2.00 bits per heavy atom. The molecule has 15 heavy (non-hydrogen) atoms. The highest BCUT2D eigenvalue weighted by molar-refractivity contribution is 4.79. The van der Waals surface area contributed by atoms with Gasteiger partial charge in [0.15, 0.2) is 0 Å². The summed E-state index contributed by atoms with van der Waals surface area (Å²) in [6.07, 6.45) is 5.33. The zero-order valence-electron chi connectivity index (χ0n) is 10.8. The monoisotopic (exact) mass is 212 g/mol. The van der Waals surface area contributed by atoms with Crippen LogP contribution in [0.25, 0.3) is 0 Å². The molecule has 0 saturated carbocycles. The van der Waals surface area contributed by atoms with E-state index in [1.165, 1.54) is 51.9 Å². The molecule has 1 rings (SSSR count). The highest BCUT2D eigenvalue weighted by atomic mass is 15.2. The van der Waals surface area contributed by atoms with Gasteiger partial charge in [0.05, 0.1) is 0 Å². The first-order valence-corrected chi connectivity index (χ1v) is 6.68. The van der Waals surface area contributed by atoms with Gasteiger partial charge in [-0.3, -0.25) is 0 Å². The molecule has 0 spiro atoms. The third kappa shape index (κ3) is 4.98. The van der Waals surface area contributed by atoms with Crippen molar-refractivity contribution in [3.8, 4) is 0 Å². The SMILES string of the molecule is CCCNCCCCN1CC(C)CC1C. The van der Waals surface area contributed by atoms with Crippen molar-refractivity contribution in [1.82, 2.24) is 10.2 Å². The smallest absolute Gasteiger partial charge is 0.00700 e. The maximum absolute atomic E-state index is 3.46. The highest BCUT2D eigenvalue weighted by Crippen LogP contribution is 2.22. The van der Waals surface area contributed by atoms with E-state index in [4.69, 9.17) is 0 Å². The van der Waals surface area contributed by atoms with Gasteiger partial charge in [-0.2, -0.15) is 0 Å². The van der Waals surface area contributed by atoms with Crippen molar-refractivity contribution in [2.24, 2.45) is 5.92 Å². The molecule has 0 aromatic carbocycles. The van der Waals surface area contributed by atoms with E-state index < -0.39 is 0 Å². The van der Waals surface area contributed by atoms with E-state index in [9.17, 15) is 0 Å². The van der Waals surface area contributed by atoms with Gasteiger partial charge in [-0.25, -0.2) is 0 Å². The fourth-order valence-electron chi connectivity index (χ4n) is 2.56. The van der Waals surface area contributed by atoms with Crippen molar-refractivity contribution in [2.45, 2.75) is 52.5 Å². The molecule has 1 aliphatic rings. The van der Waals surface area contributed by atoms with Crippen molar-refractivity contribution in [3.63, 3.8) is 0 Å². The van der Waals surface area contributed by atoms with Crippen LogP contribution in [0.3, 0.4) is 0 Å². The van der Waals surface area contributed by atoms with Crippen molar-refractivity contribution < 1.29 is 0 Å². The first kappa shape index (κ1) is 13.0. The van der Waals surface area contributed by atoms with E-state index in [2.05, 4.69) is 31.0 Å². The van der Waals surface area contributed by atoms with Crippen LogP contribution < -0.4 is 5.32 Å². The second kappa shape index (κ2) is 7.24. The van der Waals surface area contributed by atoms with Gasteiger partial charge < -0.3 is 10.2 Å². The summed E-state index contributed by atoms with van der Waals surface area (Å²) in [7, 11) is 0. The lowest BCUT2D eigenvalue weighted by Gasteiger charge is -2.20. The van der Waals surface area contributed by atoms with Gasteiger partial charge in [-0.15, -0.1) is 0 Å². The minimum Gasteiger partial charge on any atom is -0.317 e. The second-order valence-corrected chi connectivity index (χ2v) is 5.14. The Hall–Kier alpha value is -0.0800. The zero-order chi connectivity index (χ0) is 11.1. The molecule has 1 fully saturated rings. The summed E-state index contributed by atoms with van der Waals surface area (Å²) in [5.74, 6) is 0.915. The maximum Gasteiger partial charge on any atom is 0.00700 e. The van der Waals surface area contributed by atoms with E-state index >= 15 is 0 Å². The number of hydrogen-bond donors (Lipinski definition) is 1. The average molecular weight is 212 g/mol. The molecule has 2 heteroatoms. The van der Waals surface area contributed by atoms with Crippen molar-refractivity contribution in [1.29, 1.82) is 0 Å². The summed E-state index contributed by atoms with van der Waals surface area (Å²) in [6.45, 7) is 12.0. The Labute approximate surface area is 95.4 Å². The minimum atomic E-state index is 0.823. The molecule has 0 amide bonds. The molecule has 1 N–H and O–H groups in total. The number of unbranched alkanes of at least 4 members (excludes halogenated alkanes) is 1. The Bertz CT molecular complexity index is 159. The Morgan fingerprint density at radius 1 is 1.20 bits per heavy atom. The first-order chi connectivity index (χ1) is 7.24. The molecule has 0 radical (unpaired) electrons. The molecule has 2 atom stereocenters. The van der Waals surface area contributed by atoms with Gasteiger partial charge in [0.2, 0.25) is 0 Å². The summed E-state index contributed by atoms with van der Waals surface area (Å²) in [4.78, 5) is 2.66. The summed E-state index contributed by atoms with van der Waals surface area (Å²) in [6, 6.07) is 0.823. The predicted molar refractivity (Wildman–Crippen MR) is 67.2 cm³/mol. The van der Waals surface area contributed by atoms with Gasteiger partial charge in [0, 0.05) is 12.6 Å². The summed E-state index contributed by atoms with van der Waals surface area (Å²) in [5, 5.41) is 3.46. The summed E-state index contributed by atoms with van der Waals surface area (Å²) < 4.78 is 0. The van der Waals surface area contributed by atoms with E-state index in [1.807, 2.05) is 0 Å². The number of nitrogens with zero attached hydrogens (tertiary/aromatic N) is 1. The van der Waals surface area contributed by atoms with Crippen molar-refractivity contribution in [2.75, 3.05) is 26.2 Å². The quantitative estimate of drug-likeness (QED) is 0.652. The van der Waals surface area contributed by atoms with Crippen molar-refractivity contribution >= 4 is 0 Å². The van der Waals surface area contributed by atoms with Crippen LogP contribution in [0.2, 0.25) is 0 Å². The molecule has 0 aromatic rings. The minimum absolute atomic E-state index is 0.823. The van der Waals surface area contributed by atoms with E-state index in [0.29, 0.717) is 0 Å². The van der Waals surface area contributed by atoms with Crippen molar-refractivity contribution in [3.05, 3.63) is 0 Å². The van der Waals surface area contributed by atoms with Gasteiger partial charge in [0.1, 0.15) is 0 Å². The Morgan fingerprint density at radius 3 is 2.60 bits per heavy atom. The molecule has 1 aliphatic heterocycles. The van der Waals surface area contributed by atoms with Crippen LogP contribution in [-0.2, 0) is 0 Å². The normalized spacial score (nSPS) is 27.4. The van der Waals surface area contributed by atoms with Crippen LogP contribution >= 0.6 is 0 Å². The molecule has 1 heterocycles. The van der Waals surface area contributed by atoms with Crippen LogP contribution in [0.15, 0.2) is 0 Å². The van der Waals surface area contributed by atoms with E-state index in [0.717, 1.165) is 12.0 Å². The van der Waals surface area contributed by atoms with Crippen LogP contribution in [0, 0.1) is 5.92 Å². The summed E-state index contributed by atoms with van der Waals surface area (Å²) in [5.41, 5.74) is 0. The maximum atomic E-state index is 3.46. The molecular formula is C13H28N2. The fourth-order valence-corrected chi connectivity index (χ4v) is 2.56. The Kier molecular flexibility index (Phi) is 6.26. The lowest BCUT2D eigenvalue weighted by molar-refractivity contribution is 0.259. The van der Waals surface area contributed by atoms with Crippen LogP contribution in [0.1, 0.15) is 46.5 Å². The van der Waals surface area contributed by atoms with Crippen LogP contribution in [0.5, 0.6) is 0 Å². The first-order valence-electron chi connectivity index (χ1n) is 6.68. The molecule has 0 aliphatic carbocycles. The number of hydrogen-bond acceptors (Lipinski definition) is 2. The standard InChI is InChI=1S/C13H28N2/c1-4-7-14-8-5-6-9-15-11-12(2)10-13(15)3/h12-14H,4-11H2,1-3H3. The number of nitrogens with one attached hydrogen (secondary N) is 1. The zero-order valence-corrected chi connectivity index (χ0v) is 10.8. The fraction of sp³-hybridized carbons (Fsp3) is 1.00. The van der Waals surface area contributed by atoms with Gasteiger partial charge in [0.25, 0.3) is 0 Å². The third-order valence-electron chi connectivity index (χ3n) is 3.39. The molecule has 2 unspecified atom stereocenters. The molecule has 90 valence electrons. The second-order valence-electron chi connectivity index (χ2n) is 5.14. The predicted octanol–water partition coefficient (Wildman–Crippen LogP) is 2.50. The van der Waals surface area contributed by atoms with Crippen LogP contribution in [0.4, 0.5) is 0 Å². The topological polar surface area (TPSA) is 15.3 Å². The highest BCUT2D eigenvalue weighted by Gasteiger charge is 2.24. The molecule has 0 bridgehead atoms. The third-order valence-corrected chi connectivity index (χ3v) is 3.39. The van der Waals surface area contributed by atoms with Crippen LogP contribution in [-0.4, -0.2) is 37.1 Å². The van der Waals surface area contributed by atoms with E-state index in [-0.39, 0.29) is 0 Å². The largest absolute Gasteiger partial charge is 0.317 e. The van der Waals surface area contributed by atoms with E-state index in [1.54, 1.807) is 0 Å². The molecule has 1 saturated heterocycles. The van der Waals surface area contributed by atoms with Gasteiger partial charge >= 0.3 is 0 Å². The Balaban J connectivity index is 1.96. The average Bonchev–Trinajstić information content (AvgIpc) is 2.51. The van der Waals surface area contributed by atoms with Gasteiger partial charge in [-0.05, 0) is 58.2 Å².